The Labute approximate surface area is 91.8 Å². The summed E-state index contributed by atoms with van der Waals surface area (Å²) in [7, 11) is 0. The third-order valence-electron chi connectivity index (χ3n) is 2.95. The molecule has 1 aliphatic heterocycles. The molecule has 1 aromatic carbocycles. The van der Waals surface area contributed by atoms with Crippen molar-refractivity contribution in [2.75, 3.05) is 6.61 Å². The first-order chi connectivity index (χ1) is 7.74. The van der Waals surface area contributed by atoms with Gasteiger partial charge in [-0.3, -0.25) is 0 Å². The van der Waals surface area contributed by atoms with Crippen molar-refractivity contribution in [2.45, 2.75) is 12.5 Å². The molecule has 0 aliphatic carbocycles. The van der Waals surface area contributed by atoms with E-state index in [4.69, 9.17) is 9.84 Å². The molecule has 4 nitrogen and oxygen atoms in total. The fourth-order valence-electron chi connectivity index (χ4n) is 1.97. The van der Waals surface area contributed by atoms with Crippen molar-refractivity contribution in [2.24, 2.45) is 0 Å². The monoisotopic (exact) mass is 217 g/mol. The van der Waals surface area contributed by atoms with Gasteiger partial charge in [-0.15, -0.1) is 0 Å². The van der Waals surface area contributed by atoms with Crippen LogP contribution in [0.3, 0.4) is 0 Å². The van der Waals surface area contributed by atoms with E-state index in [1.54, 1.807) is 6.07 Å². The van der Waals surface area contributed by atoms with Crippen LogP contribution in [0.15, 0.2) is 24.3 Å². The van der Waals surface area contributed by atoms with Crippen LogP contribution in [0.25, 0.3) is 10.9 Å². The zero-order chi connectivity index (χ0) is 11.1. The molecule has 2 aromatic rings. The quantitative estimate of drug-likeness (QED) is 0.811. The Morgan fingerprint density at radius 1 is 1.44 bits per heavy atom. The van der Waals surface area contributed by atoms with Gasteiger partial charge in [0.15, 0.2) is 0 Å². The Hall–Kier alpha value is -1.81. The van der Waals surface area contributed by atoms with Crippen molar-refractivity contribution in [1.82, 2.24) is 4.98 Å². The minimum absolute atomic E-state index is 0.188. The second-order valence-electron chi connectivity index (χ2n) is 3.98. The highest BCUT2D eigenvalue weighted by Crippen LogP contribution is 2.31. The lowest BCUT2D eigenvalue weighted by Crippen LogP contribution is -2.17. The number of rotatable bonds is 2. The van der Waals surface area contributed by atoms with E-state index < -0.39 is 5.97 Å². The summed E-state index contributed by atoms with van der Waals surface area (Å²) in [6.45, 7) is 0.816. The number of aromatic carboxylic acids is 1. The zero-order valence-corrected chi connectivity index (χ0v) is 8.56. The van der Waals surface area contributed by atoms with Crippen LogP contribution in [0.1, 0.15) is 28.6 Å². The number of carbonyl (C=O) groups is 1. The van der Waals surface area contributed by atoms with Gasteiger partial charge in [0, 0.05) is 17.3 Å². The summed E-state index contributed by atoms with van der Waals surface area (Å²) in [5, 5.41) is 9.79. The number of ether oxygens (including phenoxy) is 1. The van der Waals surface area contributed by atoms with Crippen molar-refractivity contribution in [1.29, 1.82) is 0 Å². The van der Waals surface area contributed by atoms with Gasteiger partial charge in [-0.1, -0.05) is 6.07 Å². The van der Waals surface area contributed by atoms with Crippen molar-refractivity contribution in [3.05, 3.63) is 35.5 Å². The lowest BCUT2D eigenvalue weighted by Gasteiger charge is -2.26. The predicted molar refractivity (Wildman–Crippen MR) is 58.6 cm³/mol. The number of fused-ring (bicyclic) bond motifs is 1. The molecule has 3 rings (SSSR count). The Morgan fingerprint density at radius 2 is 2.25 bits per heavy atom. The molecule has 0 bridgehead atoms. The van der Waals surface area contributed by atoms with Crippen molar-refractivity contribution >= 4 is 16.9 Å². The van der Waals surface area contributed by atoms with Gasteiger partial charge >= 0.3 is 5.97 Å². The highest BCUT2D eigenvalue weighted by molar-refractivity contribution is 5.93. The number of hydrogen-bond acceptors (Lipinski definition) is 2. The van der Waals surface area contributed by atoms with E-state index in [1.807, 2.05) is 18.2 Å². The third kappa shape index (κ3) is 1.39. The molecule has 2 N–H and O–H groups in total. The maximum Gasteiger partial charge on any atom is 0.352 e. The average Bonchev–Trinajstić information content (AvgIpc) is 2.57. The Kier molecular flexibility index (Phi) is 1.97. The Balaban J connectivity index is 2.06. The number of carboxylic acids is 1. The molecule has 1 fully saturated rings. The summed E-state index contributed by atoms with van der Waals surface area (Å²) in [6, 6.07) is 7.52. The standard InChI is InChI=1S/C12H11NO3/c14-12(15)10-6-8-5-7(11-3-4-16-11)1-2-9(8)13-10/h1-2,5-6,11,13H,3-4H2,(H,14,15). The Morgan fingerprint density at radius 3 is 2.88 bits per heavy atom. The third-order valence-corrected chi connectivity index (χ3v) is 2.95. The molecule has 0 spiro atoms. The number of aromatic nitrogens is 1. The molecule has 0 saturated carbocycles. The molecule has 1 atom stereocenters. The highest BCUT2D eigenvalue weighted by atomic mass is 16.5. The van der Waals surface area contributed by atoms with Gasteiger partial charge in [-0.25, -0.2) is 4.79 Å². The SMILES string of the molecule is O=C(O)c1cc2cc(C3CCO3)ccc2[nH]1. The molecular weight excluding hydrogens is 206 g/mol. The van der Waals surface area contributed by atoms with Gasteiger partial charge in [0.1, 0.15) is 5.69 Å². The molecule has 0 amide bonds. The van der Waals surface area contributed by atoms with Gasteiger partial charge in [-0.2, -0.15) is 0 Å². The number of hydrogen-bond donors (Lipinski definition) is 2. The largest absolute Gasteiger partial charge is 0.477 e. The van der Waals surface area contributed by atoms with Crippen LogP contribution in [0.2, 0.25) is 0 Å². The topological polar surface area (TPSA) is 62.3 Å². The van der Waals surface area contributed by atoms with Gasteiger partial charge in [-0.05, 0) is 23.8 Å². The van der Waals surface area contributed by atoms with Crippen molar-refractivity contribution in [3.63, 3.8) is 0 Å². The van der Waals surface area contributed by atoms with E-state index in [2.05, 4.69) is 4.98 Å². The molecule has 1 aromatic heterocycles. The van der Waals surface area contributed by atoms with Crippen LogP contribution in [0, 0.1) is 0 Å². The van der Waals surface area contributed by atoms with E-state index >= 15 is 0 Å². The average molecular weight is 217 g/mol. The normalized spacial score (nSPS) is 19.6. The first-order valence-corrected chi connectivity index (χ1v) is 5.21. The van der Waals surface area contributed by atoms with Crippen LogP contribution >= 0.6 is 0 Å². The predicted octanol–water partition coefficient (Wildman–Crippen LogP) is 2.33. The van der Waals surface area contributed by atoms with Crippen molar-refractivity contribution in [3.8, 4) is 0 Å². The molecule has 16 heavy (non-hydrogen) atoms. The highest BCUT2D eigenvalue weighted by Gasteiger charge is 2.20. The van der Waals surface area contributed by atoms with E-state index in [-0.39, 0.29) is 11.8 Å². The van der Waals surface area contributed by atoms with Gasteiger partial charge < -0.3 is 14.8 Å². The lowest BCUT2D eigenvalue weighted by atomic mass is 10.0. The van der Waals surface area contributed by atoms with E-state index in [0.29, 0.717) is 0 Å². The number of aromatic amines is 1. The van der Waals surface area contributed by atoms with E-state index in [0.717, 1.165) is 29.5 Å². The molecule has 1 unspecified atom stereocenters. The Bertz CT molecular complexity index is 554. The first kappa shape index (κ1) is 9.42. The second kappa shape index (κ2) is 3.35. The van der Waals surface area contributed by atoms with Crippen LogP contribution < -0.4 is 0 Å². The van der Waals surface area contributed by atoms with Gasteiger partial charge in [0.05, 0.1) is 12.7 Å². The molecule has 4 heteroatoms. The molecule has 82 valence electrons. The minimum Gasteiger partial charge on any atom is -0.477 e. The number of benzene rings is 1. The number of H-pyrrole nitrogens is 1. The summed E-state index contributed by atoms with van der Waals surface area (Å²) >= 11 is 0. The van der Waals surface area contributed by atoms with Crippen LogP contribution in [-0.2, 0) is 4.74 Å². The molecule has 2 heterocycles. The fourth-order valence-corrected chi connectivity index (χ4v) is 1.97. The number of carboxylic acid groups (broad SMARTS) is 1. The second-order valence-corrected chi connectivity index (χ2v) is 3.98. The number of nitrogens with one attached hydrogen (secondary N) is 1. The van der Waals surface area contributed by atoms with E-state index in [9.17, 15) is 4.79 Å². The molecule has 1 saturated heterocycles. The smallest absolute Gasteiger partial charge is 0.352 e. The molecule has 1 aliphatic rings. The van der Waals surface area contributed by atoms with Crippen LogP contribution in [-0.4, -0.2) is 22.7 Å². The lowest BCUT2D eigenvalue weighted by molar-refractivity contribution is -0.0526. The molecular formula is C12H11NO3. The molecule has 0 radical (unpaired) electrons. The summed E-state index contributed by atoms with van der Waals surface area (Å²) in [5.74, 6) is -0.933. The summed E-state index contributed by atoms with van der Waals surface area (Å²) in [5.41, 5.74) is 2.19. The van der Waals surface area contributed by atoms with Gasteiger partial charge in [0.25, 0.3) is 0 Å². The van der Waals surface area contributed by atoms with Crippen molar-refractivity contribution < 1.29 is 14.6 Å². The fraction of sp³-hybridized carbons (Fsp3) is 0.250. The van der Waals surface area contributed by atoms with Crippen LogP contribution in [0.5, 0.6) is 0 Å². The maximum atomic E-state index is 10.8. The van der Waals surface area contributed by atoms with E-state index in [1.165, 1.54) is 0 Å². The summed E-state index contributed by atoms with van der Waals surface area (Å²) in [6.07, 6.45) is 1.23. The zero-order valence-electron chi connectivity index (χ0n) is 8.56. The maximum absolute atomic E-state index is 10.8. The summed E-state index contributed by atoms with van der Waals surface area (Å²) in [4.78, 5) is 13.7. The van der Waals surface area contributed by atoms with Gasteiger partial charge in [0.2, 0.25) is 0 Å². The first-order valence-electron chi connectivity index (χ1n) is 5.21. The minimum atomic E-state index is -0.933. The van der Waals surface area contributed by atoms with Crippen LogP contribution in [0.4, 0.5) is 0 Å². The summed E-state index contributed by atoms with van der Waals surface area (Å²) < 4.78 is 5.39.